The van der Waals surface area contributed by atoms with Gasteiger partial charge < -0.3 is 20.0 Å². The number of halogens is 1. The number of carbonyl (C=O) groups excluding carboxylic acids is 1. The molecule has 0 saturated carbocycles. The van der Waals surface area contributed by atoms with E-state index in [0.717, 1.165) is 50.9 Å². The van der Waals surface area contributed by atoms with E-state index in [0.29, 0.717) is 6.54 Å². The number of nitrogens with zero attached hydrogens (tertiary/aromatic N) is 3. The Morgan fingerprint density at radius 2 is 2.04 bits per heavy atom. The van der Waals surface area contributed by atoms with Crippen molar-refractivity contribution in [3.05, 3.63) is 24.2 Å². The molecule has 25 heavy (non-hydrogen) atoms. The summed E-state index contributed by atoms with van der Waals surface area (Å²) >= 11 is 0. The van der Waals surface area contributed by atoms with Crippen LogP contribution in [0.2, 0.25) is 0 Å². The first-order valence-electron chi connectivity index (χ1n) is 8.58. The lowest BCUT2D eigenvalue weighted by Crippen LogP contribution is -2.54. The molecule has 2 heterocycles. The molecular weight excluding hydrogens is 433 g/mol. The Morgan fingerprint density at radius 1 is 1.32 bits per heavy atom. The first-order valence-corrected chi connectivity index (χ1v) is 8.58. The van der Waals surface area contributed by atoms with Crippen molar-refractivity contribution in [3.63, 3.8) is 0 Å². The first kappa shape index (κ1) is 21.8. The Labute approximate surface area is 167 Å². The smallest absolute Gasteiger partial charge is 0.234 e. The molecule has 0 aromatic carbocycles. The van der Waals surface area contributed by atoms with Gasteiger partial charge >= 0.3 is 0 Å². The summed E-state index contributed by atoms with van der Waals surface area (Å²) in [6.07, 6.45) is 2.53. The van der Waals surface area contributed by atoms with Gasteiger partial charge in [-0.2, -0.15) is 0 Å². The second-order valence-electron chi connectivity index (χ2n) is 6.29. The third-order valence-electron chi connectivity index (χ3n) is 3.94. The molecule has 1 aliphatic heterocycles. The first-order chi connectivity index (χ1) is 11.6. The lowest BCUT2D eigenvalue weighted by Gasteiger charge is -2.36. The molecular formula is C17H30IN5O2. The molecule has 8 heteroatoms. The van der Waals surface area contributed by atoms with Crippen molar-refractivity contribution in [2.75, 3.05) is 46.3 Å². The molecule has 0 atom stereocenters. The van der Waals surface area contributed by atoms with E-state index in [1.54, 1.807) is 13.3 Å². The van der Waals surface area contributed by atoms with Crippen LogP contribution in [-0.2, 0) is 11.2 Å². The summed E-state index contributed by atoms with van der Waals surface area (Å²) in [5, 5.41) is 6.31. The van der Waals surface area contributed by atoms with Gasteiger partial charge in [0.25, 0.3) is 0 Å². The summed E-state index contributed by atoms with van der Waals surface area (Å²) in [5.74, 6) is 1.98. The van der Waals surface area contributed by atoms with Gasteiger partial charge in [-0.05, 0) is 26.0 Å². The van der Waals surface area contributed by atoms with Crippen molar-refractivity contribution in [1.82, 2.24) is 20.4 Å². The van der Waals surface area contributed by atoms with Gasteiger partial charge in [-0.25, -0.2) is 0 Å². The molecule has 1 aromatic heterocycles. The van der Waals surface area contributed by atoms with Gasteiger partial charge in [0, 0.05) is 52.2 Å². The van der Waals surface area contributed by atoms with Crippen LogP contribution < -0.4 is 10.6 Å². The maximum atomic E-state index is 11.8. The number of aliphatic imine (C=N–C) groups is 1. The molecule has 1 amide bonds. The van der Waals surface area contributed by atoms with Crippen LogP contribution in [0.3, 0.4) is 0 Å². The minimum atomic E-state index is 0. The zero-order chi connectivity index (χ0) is 17.4. The molecule has 0 radical (unpaired) electrons. The van der Waals surface area contributed by atoms with Gasteiger partial charge in [0.1, 0.15) is 5.76 Å². The topological polar surface area (TPSA) is 73.1 Å². The minimum absolute atomic E-state index is 0. The second kappa shape index (κ2) is 11.3. The SMILES string of the molecule is CN=C(NCCc1ccco1)N1CCN(CC(=O)NC(C)C)CC1.I. The van der Waals surface area contributed by atoms with E-state index in [4.69, 9.17) is 4.42 Å². The van der Waals surface area contributed by atoms with Gasteiger partial charge in [-0.15, -0.1) is 24.0 Å². The van der Waals surface area contributed by atoms with Crippen molar-refractivity contribution >= 4 is 35.8 Å². The number of hydrogen-bond acceptors (Lipinski definition) is 4. The summed E-state index contributed by atoms with van der Waals surface area (Å²) in [6, 6.07) is 4.07. The van der Waals surface area contributed by atoms with Crippen LogP contribution in [0.1, 0.15) is 19.6 Å². The molecule has 1 aromatic rings. The van der Waals surface area contributed by atoms with Crippen molar-refractivity contribution < 1.29 is 9.21 Å². The fraction of sp³-hybridized carbons (Fsp3) is 0.647. The van der Waals surface area contributed by atoms with Crippen LogP contribution in [0.4, 0.5) is 0 Å². The monoisotopic (exact) mass is 463 g/mol. The van der Waals surface area contributed by atoms with Gasteiger partial charge in [0.15, 0.2) is 5.96 Å². The highest BCUT2D eigenvalue weighted by Crippen LogP contribution is 2.03. The van der Waals surface area contributed by atoms with Crippen molar-refractivity contribution in [1.29, 1.82) is 0 Å². The molecule has 1 fully saturated rings. The highest BCUT2D eigenvalue weighted by atomic mass is 127. The molecule has 0 unspecified atom stereocenters. The number of rotatable bonds is 6. The number of hydrogen-bond donors (Lipinski definition) is 2. The van der Waals surface area contributed by atoms with Gasteiger partial charge in [0.05, 0.1) is 12.8 Å². The quantitative estimate of drug-likeness (QED) is 0.377. The predicted octanol–water partition coefficient (Wildman–Crippen LogP) is 1.16. The summed E-state index contributed by atoms with van der Waals surface area (Å²) in [7, 11) is 1.80. The largest absolute Gasteiger partial charge is 0.469 e. The Balaban J connectivity index is 0.00000312. The molecule has 142 valence electrons. The van der Waals surface area contributed by atoms with E-state index in [1.165, 1.54) is 0 Å². The van der Waals surface area contributed by atoms with Gasteiger partial charge in [-0.3, -0.25) is 14.7 Å². The zero-order valence-corrected chi connectivity index (χ0v) is 17.7. The average molecular weight is 463 g/mol. The number of carbonyl (C=O) groups is 1. The lowest BCUT2D eigenvalue weighted by molar-refractivity contribution is -0.123. The number of piperazine rings is 1. The summed E-state index contributed by atoms with van der Waals surface area (Å²) in [4.78, 5) is 20.6. The van der Waals surface area contributed by atoms with E-state index in [9.17, 15) is 4.79 Å². The number of furan rings is 1. The fourth-order valence-corrected chi connectivity index (χ4v) is 2.77. The van der Waals surface area contributed by atoms with Gasteiger partial charge in [0.2, 0.25) is 5.91 Å². The van der Waals surface area contributed by atoms with Crippen LogP contribution in [0.5, 0.6) is 0 Å². The van der Waals surface area contributed by atoms with E-state index in [-0.39, 0.29) is 35.9 Å². The Morgan fingerprint density at radius 3 is 2.60 bits per heavy atom. The maximum absolute atomic E-state index is 11.8. The van der Waals surface area contributed by atoms with Crippen LogP contribution in [0.25, 0.3) is 0 Å². The molecule has 0 spiro atoms. The number of guanidine groups is 1. The van der Waals surface area contributed by atoms with Crippen molar-refractivity contribution in [3.8, 4) is 0 Å². The Kier molecular flexibility index (Phi) is 9.88. The van der Waals surface area contributed by atoms with E-state index in [1.807, 2.05) is 26.0 Å². The molecule has 1 saturated heterocycles. The zero-order valence-electron chi connectivity index (χ0n) is 15.3. The van der Waals surface area contributed by atoms with Crippen LogP contribution in [-0.4, -0.2) is 74.0 Å². The summed E-state index contributed by atoms with van der Waals surface area (Å²) in [5.41, 5.74) is 0. The van der Waals surface area contributed by atoms with Crippen molar-refractivity contribution in [2.45, 2.75) is 26.3 Å². The Bertz CT molecular complexity index is 525. The molecule has 1 aliphatic rings. The van der Waals surface area contributed by atoms with Gasteiger partial charge in [-0.1, -0.05) is 0 Å². The van der Waals surface area contributed by atoms with E-state index >= 15 is 0 Å². The third-order valence-corrected chi connectivity index (χ3v) is 3.94. The van der Waals surface area contributed by atoms with Crippen LogP contribution >= 0.6 is 24.0 Å². The summed E-state index contributed by atoms with van der Waals surface area (Å²) < 4.78 is 5.33. The minimum Gasteiger partial charge on any atom is -0.469 e. The van der Waals surface area contributed by atoms with E-state index in [2.05, 4.69) is 25.4 Å². The van der Waals surface area contributed by atoms with Crippen LogP contribution in [0.15, 0.2) is 27.8 Å². The normalized spacial score (nSPS) is 15.8. The maximum Gasteiger partial charge on any atom is 0.234 e. The molecule has 2 rings (SSSR count). The number of amides is 1. The van der Waals surface area contributed by atoms with E-state index < -0.39 is 0 Å². The molecule has 7 nitrogen and oxygen atoms in total. The average Bonchev–Trinajstić information content (AvgIpc) is 3.05. The second-order valence-corrected chi connectivity index (χ2v) is 6.29. The predicted molar refractivity (Wildman–Crippen MR) is 110 cm³/mol. The summed E-state index contributed by atoms with van der Waals surface area (Å²) in [6.45, 7) is 8.69. The van der Waals surface area contributed by atoms with Crippen LogP contribution in [0, 0.1) is 0 Å². The molecule has 0 bridgehead atoms. The lowest BCUT2D eigenvalue weighted by atomic mass is 10.3. The highest BCUT2D eigenvalue weighted by Gasteiger charge is 2.21. The number of nitrogens with one attached hydrogen (secondary N) is 2. The molecule has 0 aliphatic carbocycles. The standard InChI is InChI=1S/C17H29N5O2.HI/c1-14(2)20-16(23)13-21-8-10-22(11-9-21)17(18-3)19-7-6-15-5-4-12-24-15;/h4-5,12,14H,6-11,13H2,1-3H3,(H,18,19)(H,20,23);1H. The molecule has 2 N–H and O–H groups in total. The Hall–Kier alpha value is -1.29. The third kappa shape index (κ3) is 7.64. The fourth-order valence-electron chi connectivity index (χ4n) is 2.77. The van der Waals surface area contributed by atoms with Crippen molar-refractivity contribution in [2.24, 2.45) is 4.99 Å². The highest BCUT2D eigenvalue weighted by molar-refractivity contribution is 14.0.